The fourth-order valence-corrected chi connectivity index (χ4v) is 1.74. The SMILES string of the molecule is NC(Cc1c[nH]c2nccc([N+](=O)[O-])c12)C(=O)O. The van der Waals surface area contributed by atoms with Gasteiger partial charge in [-0.05, 0) is 5.56 Å². The van der Waals surface area contributed by atoms with Crippen LogP contribution in [0.2, 0.25) is 0 Å². The smallest absolute Gasteiger partial charge is 0.320 e. The van der Waals surface area contributed by atoms with E-state index in [-0.39, 0.29) is 12.1 Å². The number of nitro groups is 1. The molecule has 0 radical (unpaired) electrons. The van der Waals surface area contributed by atoms with Crippen molar-refractivity contribution in [2.75, 3.05) is 0 Å². The molecule has 2 aromatic rings. The summed E-state index contributed by atoms with van der Waals surface area (Å²) in [5.74, 6) is -1.16. The molecule has 4 N–H and O–H groups in total. The van der Waals surface area contributed by atoms with Crippen molar-refractivity contribution in [3.05, 3.63) is 34.1 Å². The Morgan fingerprint density at radius 3 is 3.00 bits per heavy atom. The van der Waals surface area contributed by atoms with Crippen molar-refractivity contribution in [1.29, 1.82) is 0 Å². The molecule has 0 aliphatic rings. The number of carboxylic acid groups (broad SMARTS) is 1. The highest BCUT2D eigenvalue weighted by Crippen LogP contribution is 2.27. The number of fused-ring (bicyclic) bond motifs is 1. The van der Waals surface area contributed by atoms with E-state index in [2.05, 4.69) is 9.97 Å². The van der Waals surface area contributed by atoms with Crippen LogP contribution in [0.5, 0.6) is 0 Å². The van der Waals surface area contributed by atoms with Crippen molar-refractivity contribution in [2.24, 2.45) is 5.73 Å². The molecule has 1 atom stereocenters. The van der Waals surface area contributed by atoms with Gasteiger partial charge in [-0.3, -0.25) is 14.9 Å². The molecule has 0 aromatic carbocycles. The molecule has 2 aromatic heterocycles. The minimum absolute atomic E-state index is 0.00185. The highest BCUT2D eigenvalue weighted by atomic mass is 16.6. The number of carbonyl (C=O) groups is 1. The number of nitrogens with two attached hydrogens (primary N) is 1. The molecule has 0 fully saturated rings. The molecule has 2 heterocycles. The van der Waals surface area contributed by atoms with Crippen LogP contribution in [0.25, 0.3) is 11.0 Å². The Morgan fingerprint density at radius 2 is 2.39 bits per heavy atom. The highest BCUT2D eigenvalue weighted by molar-refractivity contribution is 5.89. The van der Waals surface area contributed by atoms with Gasteiger partial charge in [-0.2, -0.15) is 0 Å². The summed E-state index contributed by atoms with van der Waals surface area (Å²) in [7, 11) is 0. The third-order valence-electron chi connectivity index (χ3n) is 2.59. The average Bonchev–Trinajstić information content (AvgIpc) is 2.72. The van der Waals surface area contributed by atoms with Gasteiger partial charge in [0.05, 0.1) is 10.3 Å². The highest BCUT2D eigenvalue weighted by Gasteiger charge is 2.21. The topological polar surface area (TPSA) is 135 Å². The second-order valence-corrected chi connectivity index (χ2v) is 3.77. The van der Waals surface area contributed by atoms with Crippen LogP contribution in [0.4, 0.5) is 5.69 Å². The molecule has 0 aliphatic heterocycles. The zero-order valence-corrected chi connectivity index (χ0v) is 9.16. The van der Waals surface area contributed by atoms with Crippen LogP contribution in [0.15, 0.2) is 18.5 Å². The maximum atomic E-state index is 10.9. The van der Waals surface area contributed by atoms with Gasteiger partial charge in [-0.15, -0.1) is 0 Å². The van der Waals surface area contributed by atoms with E-state index in [0.717, 1.165) is 0 Å². The lowest BCUT2D eigenvalue weighted by Gasteiger charge is -2.04. The molecule has 0 saturated heterocycles. The Hall–Kier alpha value is -2.48. The minimum Gasteiger partial charge on any atom is -0.480 e. The summed E-state index contributed by atoms with van der Waals surface area (Å²) in [6, 6.07) is 0.162. The van der Waals surface area contributed by atoms with Gasteiger partial charge < -0.3 is 15.8 Å². The second kappa shape index (κ2) is 4.41. The molecule has 0 saturated carbocycles. The summed E-state index contributed by atoms with van der Waals surface area (Å²) < 4.78 is 0. The standard InChI is InChI=1S/C10H10N4O4/c11-6(10(15)16)3-5-4-13-9-8(5)7(14(17)18)1-2-12-9/h1-2,4,6H,3,11H2,(H,12,13)(H,15,16). The maximum Gasteiger partial charge on any atom is 0.320 e. The fourth-order valence-electron chi connectivity index (χ4n) is 1.74. The van der Waals surface area contributed by atoms with Gasteiger partial charge in [0.15, 0.2) is 0 Å². The molecule has 94 valence electrons. The first-order chi connectivity index (χ1) is 8.50. The van der Waals surface area contributed by atoms with Gasteiger partial charge in [0.25, 0.3) is 5.69 Å². The van der Waals surface area contributed by atoms with Gasteiger partial charge in [-0.25, -0.2) is 4.98 Å². The number of hydrogen-bond acceptors (Lipinski definition) is 5. The molecule has 18 heavy (non-hydrogen) atoms. The molecule has 0 spiro atoms. The van der Waals surface area contributed by atoms with Crippen LogP contribution < -0.4 is 5.73 Å². The third-order valence-corrected chi connectivity index (χ3v) is 2.59. The van der Waals surface area contributed by atoms with Crippen molar-refractivity contribution in [3.8, 4) is 0 Å². The zero-order chi connectivity index (χ0) is 13.3. The van der Waals surface area contributed by atoms with Gasteiger partial charge in [0, 0.05) is 24.9 Å². The number of nitrogens with one attached hydrogen (secondary N) is 1. The number of aromatic nitrogens is 2. The van der Waals surface area contributed by atoms with E-state index in [1.54, 1.807) is 0 Å². The fraction of sp³-hybridized carbons (Fsp3) is 0.200. The van der Waals surface area contributed by atoms with Crippen molar-refractivity contribution in [3.63, 3.8) is 0 Å². The van der Waals surface area contributed by atoms with Gasteiger partial charge in [0.2, 0.25) is 0 Å². The Labute approximate surface area is 101 Å². The first kappa shape index (κ1) is 12.0. The molecule has 8 heteroatoms. The lowest BCUT2D eigenvalue weighted by Crippen LogP contribution is -2.32. The maximum absolute atomic E-state index is 10.9. The van der Waals surface area contributed by atoms with E-state index in [4.69, 9.17) is 10.8 Å². The van der Waals surface area contributed by atoms with E-state index < -0.39 is 16.9 Å². The number of nitrogens with zero attached hydrogens (tertiary/aromatic N) is 2. The third kappa shape index (κ3) is 2.00. The number of hydrogen-bond donors (Lipinski definition) is 3. The van der Waals surface area contributed by atoms with Crippen LogP contribution in [0, 0.1) is 10.1 Å². The lowest BCUT2D eigenvalue weighted by molar-refractivity contribution is -0.383. The van der Waals surface area contributed by atoms with Gasteiger partial charge in [-0.1, -0.05) is 0 Å². The molecule has 2 rings (SSSR count). The number of carboxylic acids is 1. The summed E-state index contributed by atoms with van der Waals surface area (Å²) in [6.07, 6.45) is 2.81. The second-order valence-electron chi connectivity index (χ2n) is 3.77. The van der Waals surface area contributed by atoms with Crippen molar-refractivity contribution >= 4 is 22.7 Å². The van der Waals surface area contributed by atoms with E-state index in [9.17, 15) is 14.9 Å². The minimum atomic E-state index is -1.16. The Kier molecular flexibility index (Phi) is 2.94. The molecule has 0 bridgehead atoms. The average molecular weight is 250 g/mol. The van der Waals surface area contributed by atoms with Crippen LogP contribution in [0.3, 0.4) is 0 Å². The first-order valence-corrected chi connectivity index (χ1v) is 5.08. The zero-order valence-electron chi connectivity index (χ0n) is 9.16. The summed E-state index contributed by atoms with van der Waals surface area (Å²) in [5.41, 5.74) is 6.12. The molecule has 0 aliphatic carbocycles. The van der Waals surface area contributed by atoms with Crippen LogP contribution in [-0.4, -0.2) is 32.0 Å². The number of H-pyrrole nitrogens is 1. The number of pyridine rings is 1. The van der Waals surface area contributed by atoms with Crippen LogP contribution in [0.1, 0.15) is 5.56 Å². The number of rotatable bonds is 4. The van der Waals surface area contributed by atoms with E-state index in [1.165, 1.54) is 18.5 Å². The summed E-state index contributed by atoms with van der Waals surface area (Å²) >= 11 is 0. The Bertz CT molecular complexity index is 621. The lowest BCUT2D eigenvalue weighted by atomic mass is 10.1. The van der Waals surface area contributed by atoms with Gasteiger partial charge in [0.1, 0.15) is 11.7 Å². The number of aliphatic carboxylic acids is 1. The summed E-state index contributed by atoms with van der Waals surface area (Å²) in [6.45, 7) is 0. The largest absolute Gasteiger partial charge is 0.480 e. The Morgan fingerprint density at radius 1 is 1.67 bits per heavy atom. The quantitative estimate of drug-likeness (QED) is 0.531. The van der Waals surface area contributed by atoms with Crippen molar-refractivity contribution in [1.82, 2.24) is 9.97 Å². The van der Waals surface area contributed by atoms with Crippen molar-refractivity contribution in [2.45, 2.75) is 12.5 Å². The Balaban J connectivity index is 2.52. The predicted octanol–water partition coefficient (Wildman–Crippen LogP) is 0.425. The van der Waals surface area contributed by atoms with E-state index in [1.807, 2.05) is 0 Å². The summed E-state index contributed by atoms with van der Waals surface area (Å²) in [5, 5.41) is 20.0. The predicted molar refractivity (Wildman–Crippen MR) is 62.1 cm³/mol. The van der Waals surface area contributed by atoms with E-state index >= 15 is 0 Å². The molecule has 0 amide bonds. The monoisotopic (exact) mass is 250 g/mol. The molecule has 1 unspecified atom stereocenters. The molecule has 8 nitrogen and oxygen atoms in total. The summed E-state index contributed by atoms with van der Waals surface area (Å²) in [4.78, 5) is 27.8. The van der Waals surface area contributed by atoms with Gasteiger partial charge >= 0.3 is 5.97 Å². The van der Waals surface area contributed by atoms with Crippen LogP contribution in [-0.2, 0) is 11.2 Å². The normalized spacial score (nSPS) is 12.5. The van der Waals surface area contributed by atoms with Crippen LogP contribution >= 0.6 is 0 Å². The van der Waals surface area contributed by atoms with E-state index in [0.29, 0.717) is 16.6 Å². The molecular formula is C10H10N4O4. The first-order valence-electron chi connectivity index (χ1n) is 5.08. The molecular weight excluding hydrogens is 240 g/mol. The van der Waals surface area contributed by atoms with Crippen molar-refractivity contribution < 1.29 is 14.8 Å². The number of aromatic amines is 1.